The van der Waals surface area contributed by atoms with E-state index in [1.807, 2.05) is 0 Å². The summed E-state index contributed by atoms with van der Waals surface area (Å²) in [5.74, 6) is 1.99. The van der Waals surface area contributed by atoms with Crippen molar-refractivity contribution in [3.8, 4) is 0 Å². The van der Waals surface area contributed by atoms with E-state index < -0.39 is 0 Å². The molecule has 0 saturated carbocycles. The smallest absolute Gasteiger partial charge is 0.129 e. The minimum atomic E-state index is 0.325. The summed E-state index contributed by atoms with van der Waals surface area (Å²) in [6.07, 6.45) is 127. The van der Waals surface area contributed by atoms with Crippen molar-refractivity contribution in [2.45, 2.75) is 583 Å². The van der Waals surface area contributed by atoms with Crippen LogP contribution in [0.1, 0.15) is 583 Å². The summed E-state index contributed by atoms with van der Waals surface area (Å²) in [6.45, 7) is 19.9. The number of unbranched alkanes of at least 4 members (excludes halogenated alkanes) is 62. The van der Waals surface area contributed by atoms with E-state index >= 15 is 0 Å². The first-order valence-electron chi connectivity index (χ1n) is 51.7. The molecule has 0 aromatic rings. The lowest BCUT2D eigenvalue weighted by Gasteiger charge is -1.99. The van der Waals surface area contributed by atoms with Crippen molar-refractivity contribution >= 4 is 34.7 Å². The van der Waals surface area contributed by atoms with Crippen LogP contribution in [0.4, 0.5) is 0 Å². The minimum Gasteiger partial charge on any atom is -0.396 e. The number of hydrogen-bond acceptors (Lipinski definition) is 8. The normalized spacial score (nSPS) is 11.3. The Bertz CT molecular complexity index is 1980. The lowest BCUT2D eigenvalue weighted by Crippen LogP contribution is -1.89. The maximum Gasteiger partial charge on any atom is 0.129 e. The molecule has 0 aromatic heterocycles. The number of aliphatic hydroxyl groups is 2. The summed E-state index contributed by atoms with van der Waals surface area (Å²) >= 11 is 0. The van der Waals surface area contributed by atoms with Gasteiger partial charge in [0.25, 0.3) is 0 Å². The number of Topliss-reactive ketones (excluding diaryl/α,β-unsaturated/α-hetero) is 6. The molecule has 0 bridgehead atoms. The summed E-state index contributed by atoms with van der Waals surface area (Å²) in [4.78, 5) is 64.6. The molecule has 118 heavy (non-hydrogen) atoms. The molecule has 0 heterocycles. The predicted molar refractivity (Wildman–Crippen MR) is 525 cm³/mol. The van der Waals surface area contributed by atoms with E-state index in [4.69, 9.17) is 10.2 Å². The largest absolute Gasteiger partial charge is 0.396 e. The number of rotatable bonds is 88. The molecule has 0 aliphatic heterocycles. The van der Waals surface area contributed by atoms with Crippen LogP contribution in [0.25, 0.3) is 0 Å². The zero-order valence-corrected chi connectivity index (χ0v) is 81.3. The van der Waals surface area contributed by atoms with Crippen molar-refractivity contribution < 1.29 is 39.0 Å². The van der Waals surface area contributed by atoms with Crippen LogP contribution in [0.5, 0.6) is 0 Å². The van der Waals surface area contributed by atoms with Crippen molar-refractivity contribution in [2.75, 3.05) is 13.2 Å². The molecular formula is C110H208O8. The van der Waals surface area contributed by atoms with Crippen LogP contribution < -0.4 is 0 Å². The SMILES string of the molecule is CC(=O)CCCCCCC/C=C/CCCCCCCCO.CC(=O)CCCCCCC/C=C\CCCCCCCCO.CCCCCC/C=C/CCCCCCCC(C)=O.CCCCCC/C=C\CCCCCCCC(C)=O.CCCCCCCC/C=C/CCCCCCCC(C)=O.CCCCCCCC/C=C\CCCCCCCC(C)=O. The molecule has 0 atom stereocenters. The highest BCUT2D eigenvalue weighted by molar-refractivity contribution is 5.76. The molecule has 0 spiro atoms. The van der Waals surface area contributed by atoms with Crippen LogP contribution in [0.3, 0.4) is 0 Å². The Morgan fingerprint density at radius 1 is 0.144 bits per heavy atom. The van der Waals surface area contributed by atoms with Gasteiger partial charge in [-0.1, -0.05) is 370 Å². The van der Waals surface area contributed by atoms with Gasteiger partial charge in [0.05, 0.1) is 0 Å². The van der Waals surface area contributed by atoms with Gasteiger partial charge in [-0.2, -0.15) is 0 Å². The summed E-state index contributed by atoms with van der Waals surface area (Å²) < 4.78 is 0. The molecule has 0 aliphatic carbocycles. The summed E-state index contributed by atoms with van der Waals surface area (Å²) in [7, 11) is 0. The van der Waals surface area contributed by atoms with Gasteiger partial charge in [0.1, 0.15) is 34.7 Å². The Labute approximate surface area is 738 Å². The maximum absolute atomic E-state index is 10.8. The van der Waals surface area contributed by atoms with E-state index in [1.165, 1.54) is 424 Å². The third-order valence-corrected chi connectivity index (χ3v) is 21.9. The number of aliphatic hydroxyl groups excluding tert-OH is 2. The van der Waals surface area contributed by atoms with Gasteiger partial charge in [-0.05, 0) is 247 Å². The van der Waals surface area contributed by atoms with Crippen LogP contribution in [0.2, 0.25) is 0 Å². The lowest BCUT2D eigenvalue weighted by atomic mass is 10.1. The lowest BCUT2D eigenvalue weighted by molar-refractivity contribution is -0.117. The van der Waals surface area contributed by atoms with E-state index in [9.17, 15) is 28.8 Å². The Kier molecular flexibility index (Phi) is 129. The molecule has 8 heteroatoms. The first kappa shape index (κ1) is 125. The Hall–Kier alpha value is -3.62. The van der Waals surface area contributed by atoms with Crippen LogP contribution in [0.15, 0.2) is 72.9 Å². The molecule has 0 saturated heterocycles. The maximum atomic E-state index is 10.8. The Morgan fingerprint density at radius 3 is 0.347 bits per heavy atom. The molecule has 0 rings (SSSR count). The monoisotopic (exact) mass is 1660 g/mol. The second-order valence-electron chi connectivity index (χ2n) is 35.0. The zero-order valence-electron chi connectivity index (χ0n) is 81.3. The molecule has 0 aromatic carbocycles. The molecule has 0 aliphatic rings. The van der Waals surface area contributed by atoms with Gasteiger partial charge < -0.3 is 39.0 Å². The fourth-order valence-corrected chi connectivity index (χ4v) is 14.0. The summed E-state index contributed by atoms with van der Waals surface area (Å²) in [5, 5.41) is 17.3. The molecule has 0 fully saturated rings. The van der Waals surface area contributed by atoms with Gasteiger partial charge in [0.15, 0.2) is 0 Å². The molecule has 0 radical (unpaired) electrons. The van der Waals surface area contributed by atoms with Crippen molar-refractivity contribution in [3.05, 3.63) is 72.9 Å². The van der Waals surface area contributed by atoms with E-state index in [-0.39, 0.29) is 0 Å². The Balaban J connectivity index is -0.000000319. The fraction of sp³-hybridized carbons (Fsp3) is 0.836. The number of carbonyl (C=O) groups excluding carboxylic acids is 6. The highest BCUT2D eigenvalue weighted by Gasteiger charge is 2.02. The van der Waals surface area contributed by atoms with Crippen LogP contribution >= 0.6 is 0 Å². The van der Waals surface area contributed by atoms with E-state index in [0.717, 1.165) is 89.9 Å². The Morgan fingerprint density at radius 2 is 0.237 bits per heavy atom. The van der Waals surface area contributed by atoms with Gasteiger partial charge in [-0.25, -0.2) is 0 Å². The van der Waals surface area contributed by atoms with Gasteiger partial charge in [-0.15, -0.1) is 0 Å². The highest BCUT2D eigenvalue weighted by Crippen LogP contribution is 2.18. The van der Waals surface area contributed by atoms with Gasteiger partial charge >= 0.3 is 0 Å². The van der Waals surface area contributed by atoms with Gasteiger partial charge in [0.2, 0.25) is 0 Å². The van der Waals surface area contributed by atoms with E-state index in [0.29, 0.717) is 47.9 Å². The topological polar surface area (TPSA) is 143 Å². The molecule has 696 valence electrons. The zero-order chi connectivity index (χ0) is 87.9. The van der Waals surface area contributed by atoms with Crippen molar-refractivity contribution in [3.63, 3.8) is 0 Å². The number of allylic oxidation sites excluding steroid dienone is 12. The van der Waals surface area contributed by atoms with Crippen molar-refractivity contribution in [2.24, 2.45) is 0 Å². The number of hydrogen-bond donors (Lipinski definition) is 2. The highest BCUT2D eigenvalue weighted by atomic mass is 16.3. The van der Waals surface area contributed by atoms with Crippen LogP contribution in [-0.2, 0) is 28.8 Å². The molecule has 8 nitrogen and oxygen atoms in total. The number of carbonyl (C=O) groups is 6. The molecule has 2 N–H and O–H groups in total. The van der Waals surface area contributed by atoms with Crippen LogP contribution in [-0.4, -0.2) is 58.1 Å². The van der Waals surface area contributed by atoms with Crippen LogP contribution in [0, 0.1) is 0 Å². The first-order chi connectivity index (χ1) is 57.6. The average molecular weight is 1660 g/mol. The molecule has 0 unspecified atom stereocenters. The molecule has 0 amide bonds. The standard InChI is InChI=1S/2C19H36O2.2C19H36O.2C17H32O/c2*1-19(21)17-15-13-11-9-7-5-3-2-4-6-8-10-12-14-16-18-20;2*1-3-4-5-6-7-8-9-10-11-12-13-14-15-16-17-18-19(2)20;2*1-3-4-5-6-7-8-9-10-11-12-13-14-15-16-17(2)18/h2*2-3,20H,4-18H2,1H3;2*10-11H,3-9,12-18H2,1-2H3;2*8-9H,3-7,10-16H2,1-2H3/b3-2+;3-2-;11-10+;11-10-;9-8+;9-8-. The third kappa shape index (κ3) is 150. The minimum absolute atomic E-state index is 0.325. The van der Waals surface area contributed by atoms with E-state index in [2.05, 4.69) is 101 Å². The second kappa shape index (κ2) is 122. The second-order valence-corrected chi connectivity index (χ2v) is 35.0. The fourth-order valence-electron chi connectivity index (χ4n) is 14.0. The number of ketones is 6. The van der Waals surface area contributed by atoms with E-state index in [1.54, 1.807) is 41.5 Å². The van der Waals surface area contributed by atoms with Gasteiger partial charge in [0, 0.05) is 51.7 Å². The van der Waals surface area contributed by atoms with Gasteiger partial charge in [-0.3, -0.25) is 0 Å². The average Bonchev–Trinajstić information content (AvgIpc) is 1.48. The molecular weight excluding hydrogens is 1450 g/mol. The predicted octanol–water partition coefficient (Wildman–Crippen LogP) is 36.1. The summed E-state index contributed by atoms with van der Waals surface area (Å²) in [6, 6.07) is 0. The summed E-state index contributed by atoms with van der Waals surface area (Å²) in [5.41, 5.74) is 0. The first-order valence-corrected chi connectivity index (χ1v) is 51.7. The van der Waals surface area contributed by atoms with Crippen molar-refractivity contribution in [1.29, 1.82) is 0 Å². The quantitative estimate of drug-likeness (QED) is 0.0453. The van der Waals surface area contributed by atoms with Crippen molar-refractivity contribution in [1.82, 2.24) is 0 Å². The third-order valence-electron chi connectivity index (χ3n) is 21.9.